The molecule has 0 amide bonds. The summed E-state index contributed by atoms with van der Waals surface area (Å²) in [6.07, 6.45) is 0. The van der Waals surface area contributed by atoms with Gasteiger partial charge in [0.2, 0.25) is 10.0 Å². The number of para-hydroxylation sites is 1. The number of nitrogen functional groups attached to an aromatic ring is 1. The van der Waals surface area contributed by atoms with Crippen LogP contribution in [0.1, 0.15) is 13.8 Å². The zero-order chi connectivity index (χ0) is 14.3. The van der Waals surface area contributed by atoms with E-state index >= 15 is 0 Å². The van der Waals surface area contributed by atoms with Crippen molar-refractivity contribution in [2.75, 3.05) is 30.4 Å². The fourth-order valence-electron chi connectivity index (χ4n) is 2.32. The van der Waals surface area contributed by atoms with Gasteiger partial charge in [0, 0.05) is 6.54 Å². The summed E-state index contributed by atoms with van der Waals surface area (Å²) in [4.78, 5) is 2.02. The van der Waals surface area contributed by atoms with Gasteiger partial charge in [-0.2, -0.15) is 0 Å². The average molecular weight is 285 g/mol. The van der Waals surface area contributed by atoms with Crippen molar-refractivity contribution < 1.29 is 13.2 Å². The van der Waals surface area contributed by atoms with E-state index in [-0.39, 0.29) is 16.1 Å². The van der Waals surface area contributed by atoms with Crippen LogP contribution < -0.4 is 15.8 Å². The minimum atomic E-state index is -3.81. The highest BCUT2D eigenvalue weighted by atomic mass is 32.2. The fourth-order valence-corrected chi connectivity index (χ4v) is 3.00. The first-order valence-electron chi connectivity index (χ1n) is 6.00. The lowest BCUT2D eigenvalue weighted by Crippen LogP contribution is -2.53. The first-order valence-corrected chi connectivity index (χ1v) is 7.55. The Bertz CT molecular complexity index is 584. The molecule has 1 fully saturated rings. The van der Waals surface area contributed by atoms with E-state index in [2.05, 4.69) is 4.90 Å². The quantitative estimate of drug-likeness (QED) is 0.772. The second-order valence-electron chi connectivity index (χ2n) is 5.25. The standard InChI is InChI=1S/C12H19N3O3S/c1-12(2)8-18-7-6-15(12)9-4-3-5-10(11(9)13)19(14,16)17/h3-5H,6-8,13H2,1-2H3,(H2,14,16,17). The van der Waals surface area contributed by atoms with Gasteiger partial charge >= 0.3 is 0 Å². The molecule has 0 aromatic heterocycles. The molecule has 1 aromatic rings. The predicted molar refractivity (Wildman–Crippen MR) is 74.5 cm³/mol. The number of morpholine rings is 1. The summed E-state index contributed by atoms with van der Waals surface area (Å²) < 4.78 is 28.5. The van der Waals surface area contributed by atoms with Gasteiger partial charge in [-0.05, 0) is 26.0 Å². The molecule has 1 saturated heterocycles. The average Bonchev–Trinajstić information content (AvgIpc) is 2.28. The topological polar surface area (TPSA) is 98.6 Å². The predicted octanol–water partition coefficient (Wildman–Crippen LogP) is 0.531. The van der Waals surface area contributed by atoms with Crippen LogP contribution in [0.3, 0.4) is 0 Å². The molecule has 0 aliphatic carbocycles. The van der Waals surface area contributed by atoms with E-state index in [1.54, 1.807) is 12.1 Å². The number of hydrogen-bond donors (Lipinski definition) is 2. The molecular weight excluding hydrogens is 266 g/mol. The van der Waals surface area contributed by atoms with Crippen molar-refractivity contribution >= 4 is 21.4 Å². The summed E-state index contributed by atoms with van der Waals surface area (Å²) >= 11 is 0. The molecule has 0 saturated carbocycles. The van der Waals surface area contributed by atoms with Crippen molar-refractivity contribution in [2.24, 2.45) is 5.14 Å². The Morgan fingerprint density at radius 3 is 2.63 bits per heavy atom. The normalized spacial score (nSPS) is 19.4. The molecule has 7 heteroatoms. The number of primary sulfonamides is 1. The summed E-state index contributed by atoms with van der Waals surface area (Å²) in [6, 6.07) is 4.87. The number of ether oxygens (including phenoxy) is 1. The molecular formula is C12H19N3O3S. The van der Waals surface area contributed by atoms with Crippen LogP contribution in [0.4, 0.5) is 11.4 Å². The Kier molecular flexibility index (Phi) is 3.46. The third kappa shape index (κ3) is 2.68. The number of rotatable bonds is 2. The van der Waals surface area contributed by atoms with Crippen LogP contribution in [0.25, 0.3) is 0 Å². The van der Waals surface area contributed by atoms with Crippen LogP contribution in [0.5, 0.6) is 0 Å². The first-order chi connectivity index (χ1) is 8.73. The SMILES string of the molecule is CC1(C)COCCN1c1cccc(S(N)(=O)=O)c1N. The van der Waals surface area contributed by atoms with Gasteiger partial charge in [-0.3, -0.25) is 0 Å². The molecule has 1 heterocycles. The van der Waals surface area contributed by atoms with Crippen LogP contribution in [0, 0.1) is 0 Å². The number of anilines is 2. The van der Waals surface area contributed by atoms with E-state index in [1.807, 2.05) is 13.8 Å². The van der Waals surface area contributed by atoms with Crippen LogP contribution >= 0.6 is 0 Å². The fraction of sp³-hybridized carbons (Fsp3) is 0.500. The zero-order valence-electron chi connectivity index (χ0n) is 11.1. The van der Waals surface area contributed by atoms with E-state index in [0.717, 1.165) is 0 Å². The molecule has 19 heavy (non-hydrogen) atoms. The molecule has 1 aliphatic rings. The Morgan fingerprint density at radius 2 is 2.05 bits per heavy atom. The number of hydrogen-bond acceptors (Lipinski definition) is 5. The van der Waals surface area contributed by atoms with Gasteiger partial charge in [0.15, 0.2) is 0 Å². The summed E-state index contributed by atoms with van der Waals surface area (Å²) in [5.74, 6) is 0. The Balaban J connectivity index is 2.52. The Hall–Kier alpha value is -1.31. The van der Waals surface area contributed by atoms with Crippen molar-refractivity contribution in [3.8, 4) is 0 Å². The largest absolute Gasteiger partial charge is 0.396 e. The number of sulfonamides is 1. The third-order valence-corrected chi connectivity index (χ3v) is 4.25. The summed E-state index contributed by atoms with van der Waals surface area (Å²) in [5.41, 5.74) is 6.61. The van der Waals surface area contributed by atoms with E-state index in [9.17, 15) is 8.42 Å². The monoisotopic (exact) mass is 285 g/mol. The van der Waals surface area contributed by atoms with E-state index in [1.165, 1.54) is 6.07 Å². The molecule has 0 radical (unpaired) electrons. The second kappa shape index (κ2) is 4.66. The van der Waals surface area contributed by atoms with Crippen molar-refractivity contribution in [1.82, 2.24) is 0 Å². The number of nitrogens with zero attached hydrogens (tertiary/aromatic N) is 1. The lowest BCUT2D eigenvalue weighted by Gasteiger charge is -2.44. The zero-order valence-corrected chi connectivity index (χ0v) is 11.9. The second-order valence-corrected chi connectivity index (χ2v) is 6.78. The van der Waals surface area contributed by atoms with Gasteiger partial charge in [-0.1, -0.05) is 6.07 Å². The highest BCUT2D eigenvalue weighted by Crippen LogP contribution is 2.34. The van der Waals surface area contributed by atoms with E-state index in [0.29, 0.717) is 25.4 Å². The van der Waals surface area contributed by atoms with Crippen molar-refractivity contribution in [3.05, 3.63) is 18.2 Å². The summed E-state index contributed by atoms with van der Waals surface area (Å²) in [6.45, 7) is 5.85. The number of nitrogens with two attached hydrogens (primary N) is 2. The van der Waals surface area contributed by atoms with Crippen LogP contribution in [0.2, 0.25) is 0 Å². The molecule has 0 atom stereocenters. The minimum absolute atomic E-state index is 0.0349. The summed E-state index contributed by atoms with van der Waals surface area (Å²) in [7, 11) is -3.81. The lowest BCUT2D eigenvalue weighted by atomic mass is 10.0. The van der Waals surface area contributed by atoms with Gasteiger partial charge in [0.1, 0.15) is 4.90 Å². The molecule has 0 spiro atoms. The lowest BCUT2D eigenvalue weighted by molar-refractivity contribution is 0.0645. The molecule has 4 N–H and O–H groups in total. The molecule has 2 rings (SSSR count). The maximum Gasteiger partial charge on any atom is 0.240 e. The molecule has 1 aliphatic heterocycles. The minimum Gasteiger partial charge on any atom is -0.396 e. The van der Waals surface area contributed by atoms with Crippen LogP contribution in [-0.2, 0) is 14.8 Å². The van der Waals surface area contributed by atoms with E-state index in [4.69, 9.17) is 15.6 Å². The molecule has 0 unspecified atom stereocenters. The number of benzene rings is 1. The molecule has 0 bridgehead atoms. The first kappa shape index (κ1) is 14.1. The third-order valence-electron chi connectivity index (χ3n) is 3.29. The molecule has 6 nitrogen and oxygen atoms in total. The van der Waals surface area contributed by atoms with E-state index < -0.39 is 10.0 Å². The van der Waals surface area contributed by atoms with Crippen molar-refractivity contribution in [2.45, 2.75) is 24.3 Å². The van der Waals surface area contributed by atoms with Gasteiger partial charge in [0.05, 0.1) is 30.1 Å². The van der Waals surface area contributed by atoms with Gasteiger partial charge in [0.25, 0.3) is 0 Å². The highest BCUT2D eigenvalue weighted by Gasteiger charge is 2.32. The van der Waals surface area contributed by atoms with Gasteiger partial charge in [-0.15, -0.1) is 0 Å². The van der Waals surface area contributed by atoms with Crippen LogP contribution in [0.15, 0.2) is 23.1 Å². The maximum atomic E-state index is 11.5. The van der Waals surface area contributed by atoms with Gasteiger partial charge in [-0.25, -0.2) is 13.6 Å². The Morgan fingerprint density at radius 1 is 1.37 bits per heavy atom. The van der Waals surface area contributed by atoms with Crippen molar-refractivity contribution in [3.63, 3.8) is 0 Å². The summed E-state index contributed by atoms with van der Waals surface area (Å²) in [5, 5.41) is 5.17. The van der Waals surface area contributed by atoms with Crippen LogP contribution in [-0.4, -0.2) is 33.7 Å². The molecule has 1 aromatic carbocycles. The van der Waals surface area contributed by atoms with Gasteiger partial charge < -0.3 is 15.4 Å². The Labute approximate surface area is 113 Å². The highest BCUT2D eigenvalue weighted by molar-refractivity contribution is 7.89. The van der Waals surface area contributed by atoms with Crippen molar-refractivity contribution in [1.29, 1.82) is 0 Å². The smallest absolute Gasteiger partial charge is 0.240 e. The maximum absolute atomic E-state index is 11.5. The molecule has 106 valence electrons.